The van der Waals surface area contributed by atoms with Gasteiger partial charge in [0.2, 0.25) is 0 Å². The molecule has 8 aromatic carbocycles. The van der Waals surface area contributed by atoms with Crippen LogP contribution in [0.4, 0.5) is 0 Å². The summed E-state index contributed by atoms with van der Waals surface area (Å²) in [5, 5.41) is 12.2. The van der Waals surface area contributed by atoms with Gasteiger partial charge in [-0.05, 0) is 164 Å². The van der Waals surface area contributed by atoms with Gasteiger partial charge in [-0.15, -0.1) is 0 Å². The Labute approximate surface area is 491 Å². The van der Waals surface area contributed by atoms with Crippen molar-refractivity contribution in [1.82, 2.24) is 0 Å². The Hall–Kier alpha value is -7.69. The highest BCUT2D eigenvalue weighted by Crippen LogP contribution is 2.59. The Morgan fingerprint density at radius 1 is 0.634 bits per heavy atom. The fourth-order valence-electron chi connectivity index (χ4n) is 14.7. The number of aliphatic hydroxyl groups excluding tert-OH is 1. The highest BCUT2D eigenvalue weighted by molar-refractivity contribution is 7.99. The van der Waals surface area contributed by atoms with Crippen LogP contribution in [0.1, 0.15) is 132 Å². The second kappa shape index (κ2) is 23.3. The third-order valence-electron chi connectivity index (χ3n) is 19.0. The summed E-state index contributed by atoms with van der Waals surface area (Å²) in [6, 6.07) is 75.4. The first kappa shape index (κ1) is 53.6. The average molecular weight is 1090 g/mol. The SMILES string of the molecule is C=C1/C=C\C(=C/C)C2(c3ccc(OCC(O)CC4c5ccc(cc5)-c5ccc(cc5)C5CC(Cc6ccccc6)(C6=CCC=CC=C65)c5ccc4cc5)cc3)CC(c3ccc(cc3)-c3ccc(cc3)C1CSCCCC)c1ccccc12. The molecule has 0 saturated heterocycles. The molecule has 0 aliphatic heterocycles. The minimum Gasteiger partial charge on any atom is -0.491 e. The van der Waals surface area contributed by atoms with Crippen molar-refractivity contribution in [1.29, 1.82) is 0 Å². The first-order valence-corrected chi connectivity index (χ1v) is 31.2. The lowest BCUT2D eigenvalue weighted by Crippen LogP contribution is -2.28. The molecular formula is C79H74O2S. The van der Waals surface area contributed by atoms with Gasteiger partial charge in [0, 0.05) is 40.3 Å². The molecule has 0 spiro atoms. The Bertz CT molecular complexity index is 3730. The van der Waals surface area contributed by atoms with Crippen LogP contribution in [0.2, 0.25) is 0 Å². The predicted molar refractivity (Wildman–Crippen MR) is 344 cm³/mol. The molecule has 0 heterocycles. The van der Waals surface area contributed by atoms with E-state index in [4.69, 9.17) is 11.3 Å². The lowest BCUT2D eigenvalue weighted by Gasteiger charge is -2.34. The normalized spacial score (nSPS) is 23.4. The third kappa shape index (κ3) is 10.2. The molecule has 1 saturated carbocycles. The summed E-state index contributed by atoms with van der Waals surface area (Å²) in [7, 11) is 0. The maximum absolute atomic E-state index is 12.2. The second-order valence-corrected chi connectivity index (χ2v) is 24.8. The van der Waals surface area contributed by atoms with Crippen LogP contribution in [0.3, 0.4) is 0 Å². The molecule has 11 aliphatic carbocycles. The molecule has 0 aromatic heterocycles. The molecule has 1 N–H and O–H groups in total. The lowest BCUT2D eigenvalue weighted by molar-refractivity contribution is 0.0964. The van der Waals surface area contributed by atoms with Gasteiger partial charge >= 0.3 is 0 Å². The van der Waals surface area contributed by atoms with Gasteiger partial charge in [-0.1, -0.05) is 251 Å². The van der Waals surface area contributed by atoms with Crippen LogP contribution in [0.5, 0.6) is 5.75 Å². The van der Waals surface area contributed by atoms with Crippen LogP contribution >= 0.6 is 11.8 Å². The Balaban J connectivity index is 0.804. The standard InChI is InChI=1S/C79H74O2S/c1-4-6-47-82-53-75-54(3)21-40-65(5-2)79(51-74(71-18-13-14-20-77(71)79)63-34-26-58(27-35-63)59-28-36-64(75)37-29-59)67-43-45-69(46-44-67)81-52-68(80)48-72-60-30-22-56(23-31-60)57-24-32-62(33-25-57)73-50-78(49-55-15-9-7-10-16-55,66-41-38-61(72)39-42-66)76-19-12-8-11-17-70(73)76/h5,7-11,13-46,68,72-75,80H,3-4,6,12,47-53H2,1-2H3/b40-21-,65-5+. The van der Waals surface area contributed by atoms with Crippen LogP contribution < -0.4 is 4.74 Å². The van der Waals surface area contributed by atoms with E-state index in [1.165, 1.54) is 107 Å². The minimum atomic E-state index is -0.724. The van der Waals surface area contributed by atoms with E-state index in [1.54, 1.807) is 0 Å². The molecule has 19 rings (SSSR count). The van der Waals surface area contributed by atoms with Gasteiger partial charge in [0.25, 0.3) is 0 Å². The van der Waals surface area contributed by atoms with E-state index in [9.17, 15) is 5.11 Å². The summed E-state index contributed by atoms with van der Waals surface area (Å²) in [5.41, 5.74) is 22.5. The Morgan fingerprint density at radius 2 is 1.22 bits per heavy atom. The van der Waals surface area contributed by atoms with Crippen molar-refractivity contribution in [2.45, 2.75) is 99.4 Å². The van der Waals surface area contributed by atoms with Gasteiger partial charge < -0.3 is 9.84 Å². The van der Waals surface area contributed by atoms with Crippen molar-refractivity contribution >= 4 is 11.8 Å². The lowest BCUT2D eigenvalue weighted by atomic mass is 9.68. The molecule has 7 atom stereocenters. The molecule has 8 aromatic rings. The number of allylic oxidation sites excluding steroid dienone is 11. The molecule has 11 aliphatic rings. The highest BCUT2D eigenvalue weighted by atomic mass is 32.2. The monoisotopic (exact) mass is 1090 g/mol. The van der Waals surface area contributed by atoms with Crippen molar-refractivity contribution in [2.75, 3.05) is 18.1 Å². The van der Waals surface area contributed by atoms with Gasteiger partial charge in [-0.2, -0.15) is 11.8 Å². The Kier molecular flexibility index (Phi) is 15.2. The summed E-state index contributed by atoms with van der Waals surface area (Å²) in [6.45, 7) is 9.43. The summed E-state index contributed by atoms with van der Waals surface area (Å²) < 4.78 is 6.63. The summed E-state index contributed by atoms with van der Waals surface area (Å²) >= 11 is 2.04. The van der Waals surface area contributed by atoms with Crippen LogP contribution in [-0.2, 0) is 17.3 Å². The van der Waals surface area contributed by atoms with Crippen molar-refractivity contribution in [2.24, 2.45) is 0 Å². The van der Waals surface area contributed by atoms with Crippen molar-refractivity contribution in [3.63, 3.8) is 0 Å². The largest absolute Gasteiger partial charge is 0.491 e. The number of ether oxygens (including phenoxy) is 1. The van der Waals surface area contributed by atoms with E-state index in [0.29, 0.717) is 6.42 Å². The van der Waals surface area contributed by atoms with Crippen LogP contribution in [0.25, 0.3) is 22.3 Å². The summed E-state index contributed by atoms with van der Waals surface area (Å²) in [6.07, 6.45) is 22.4. The molecule has 0 amide bonds. The number of fused-ring (bicyclic) bond motifs is 5. The zero-order chi connectivity index (χ0) is 55.6. The number of thioether (sulfide) groups is 1. The molecule has 14 bridgehead atoms. The van der Waals surface area contributed by atoms with Crippen molar-refractivity contribution < 1.29 is 9.84 Å². The number of hydrogen-bond donors (Lipinski definition) is 1. The number of aliphatic hydroxyl groups is 1. The summed E-state index contributed by atoms with van der Waals surface area (Å²) in [4.78, 5) is 0. The molecule has 1 fully saturated rings. The second-order valence-electron chi connectivity index (χ2n) is 23.7. The van der Waals surface area contributed by atoms with Crippen LogP contribution in [0, 0.1) is 0 Å². The summed E-state index contributed by atoms with van der Waals surface area (Å²) in [5.74, 6) is 3.52. The fraction of sp³-hybridized carbons (Fsp3) is 0.241. The minimum absolute atomic E-state index is 0.0503. The zero-order valence-electron chi connectivity index (χ0n) is 47.5. The first-order chi connectivity index (χ1) is 40.3. The molecule has 7 unspecified atom stereocenters. The topological polar surface area (TPSA) is 29.5 Å². The maximum Gasteiger partial charge on any atom is 0.119 e. The van der Waals surface area contributed by atoms with Gasteiger partial charge in [-0.3, -0.25) is 0 Å². The number of rotatable bonds is 13. The molecule has 408 valence electrons. The molecule has 2 nitrogen and oxygen atoms in total. The van der Waals surface area contributed by atoms with Gasteiger partial charge in [-0.25, -0.2) is 0 Å². The Morgan fingerprint density at radius 3 is 1.87 bits per heavy atom. The molecule has 0 radical (unpaired) electrons. The molecular weight excluding hydrogens is 1010 g/mol. The van der Waals surface area contributed by atoms with Crippen LogP contribution in [0.15, 0.2) is 272 Å². The fourth-order valence-corrected chi connectivity index (χ4v) is 16.0. The van der Waals surface area contributed by atoms with Crippen molar-refractivity contribution in [3.8, 4) is 28.0 Å². The number of benzene rings is 8. The zero-order valence-corrected chi connectivity index (χ0v) is 48.3. The van der Waals surface area contributed by atoms with Crippen LogP contribution in [-0.4, -0.2) is 29.3 Å². The van der Waals surface area contributed by atoms with Gasteiger partial charge in [0.05, 0.1) is 6.10 Å². The predicted octanol–water partition coefficient (Wildman–Crippen LogP) is 19.3. The molecule has 3 heteroatoms. The van der Waals surface area contributed by atoms with Crippen molar-refractivity contribution in [3.05, 3.63) is 327 Å². The van der Waals surface area contributed by atoms with E-state index >= 15 is 0 Å². The number of unbranched alkanes of at least 4 members (excludes halogenated alkanes) is 1. The van der Waals surface area contributed by atoms with E-state index in [0.717, 1.165) is 48.5 Å². The quantitative estimate of drug-likeness (QED) is 0.117. The van der Waals surface area contributed by atoms with E-state index in [-0.39, 0.29) is 35.7 Å². The third-order valence-corrected chi connectivity index (χ3v) is 20.2. The first-order valence-electron chi connectivity index (χ1n) is 30.1. The van der Waals surface area contributed by atoms with E-state index < -0.39 is 11.5 Å². The van der Waals surface area contributed by atoms with Gasteiger partial charge in [0.1, 0.15) is 12.4 Å². The van der Waals surface area contributed by atoms with E-state index in [2.05, 4.69) is 257 Å². The molecule has 82 heavy (non-hydrogen) atoms. The van der Waals surface area contributed by atoms with Gasteiger partial charge in [0.15, 0.2) is 0 Å². The van der Waals surface area contributed by atoms with E-state index in [1.807, 2.05) is 11.8 Å². The highest BCUT2D eigenvalue weighted by Gasteiger charge is 2.49. The number of hydrogen-bond acceptors (Lipinski definition) is 3. The maximum atomic E-state index is 12.2. The smallest absolute Gasteiger partial charge is 0.119 e. The average Bonchev–Trinajstić information content (AvgIpc) is 2.26.